The topological polar surface area (TPSA) is 12.0 Å². The fourth-order valence-corrected chi connectivity index (χ4v) is 2.84. The molecule has 0 aromatic rings. The fraction of sp³-hybridized carbons (Fsp3) is 1.00. The van der Waals surface area contributed by atoms with Crippen molar-refractivity contribution in [2.45, 2.75) is 24.1 Å². The third-order valence-corrected chi connectivity index (χ3v) is 3.98. The molecule has 1 nitrogen and oxygen atoms in total. The first-order valence-electron chi connectivity index (χ1n) is 3.68. The van der Waals surface area contributed by atoms with Crippen molar-refractivity contribution in [3.63, 3.8) is 0 Å². The molecule has 1 aliphatic carbocycles. The van der Waals surface area contributed by atoms with Crippen LogP contribution in [0.25, 0.3) is 0 Å². The van der Waals surface area contributed by atoms with Crippen LogP contribution in [0.15, 0.2) is 0 Å². The number of hydrogen-bond acceptors (Lipinski definition) is 1. The summed E-state index contributed by atoms with van der Waals surface area (Å²) >= 11 is 3.67. The first kappa shape index (κ1) is 6.17. The van der Waals surface area contributed by atoms with Gasteiger partial charge in [-0.1, -0.05) is 15.9 Å². The first-order valence-corrected chi connectivity index (χ1v) is 4.60. The lowest BCUT2D eigenvalue weighted by molar-refractivity contribution is 0.357. The Morgan fingerprint density at radius 3 is 2.22 bits per heavy atom. The van der Waals surface area contributed by atoms with E-state index in [0.29, 0.717) is 0 Å². The van der Waals surface area contributed by atoms with Crippen LogP contribution in [0.2, 0.25) is 0 Å². The molecule has 2 aliphatic rings. The molecule has 1 atom stereocenters. The van der Waals surface area contributed by atoms with Gasteiger partial charge in [0.15, 0.2) is 0 Å². The average Bonchev–Trinajstić information content (AvgIpc) is 2.44. The summed E-state index contributed by atoms with van der Waals surface area (Å²) in [5.74, 6) is 0. The predicted octanol–water partition coefficient (Wildman–Crippen LogP) is 1.52. The molecule has 1 unspecified atom stereocenters. The molecule has 0 radical (unpaired) electrons. The Labute approximate surface area is 64.3 Å². The molecule has 1 heterocycles. The molecule has 1 saturated heterocycles. The molecular formula is C7H12BrN. The second kappa shape index (κ2) is 1.96. The van der Waals surface area contributed by atoms with Gasteiger partial charge >= 0.3 is 0 Å². The maximum Gasteiger partial charge on any atom is 0.0209 e. The molecule has 9 heavy (non-hydrogen) atoms. The molecule has 0 bridgehead atoms. The highest BCUT2D eigenvalue weighted by molar-refractivity contribution is 9.09. The summed E-state index contributed by atoms with van der Waals surface area (Å²) in [5.41, 5.74) is 0.741. The van der Waals surface area contributed by atoms with Crippen LogP contribution in [0.1, 0.15) is 19.3 Å². The summed E-state index contributed by atoms with van der Waals surface area (Å²) in [6, 6.07) is 0. The van der Waals surface area contributed by atoms with Gasteiger partial charge < -0.3 is 5.32 Å². The summed E-state index contributed by atoms with van der Waals surface area (Å²) in [6.07, 6.45) is 4.21. The molecular weight excluding hydrogens is 178 g/mol. The fourth-order valence-electron chi connectivity index (χ4n) is 1.74. The Morgan fingerprint density at radius 1 is 1.33 bits per heavy atom. The molecule has 1 spiro atoms. The van der Waals surface area contributed by atoms with Crippen molar-refractivity contribution >= 4 is 15.9 Å². The van der Waals surface area contributed by atoms with Gasteiger partial charge in [0.05, 0.1) is 0 Å². The first-order chi connectivity index (χ1) is 4.33. The molecule has 2 fully saturated rings. The lowest BCUT2D eigenvalue weighted by atomic mass is 9.95. The number of rotatable bonds is 0. The van der Waals surface area contributed by atoms with E-state index in [9.17, 15) is 0 Å². The number of piperidine rings is 1. The third-order valence-electron chi connectivity index (χ3n) is 2.69. The van der Waals surface area contributed by atoms with Crippen LogP contribution < -0.4 is 5.32 Å². The van der Waals surface area contributed by atoms with E-state index in [2.05, 4.69) is 21.2 Å². The molecule has 2 rings (SSSR count). The molecule has 0 amide bonds. The third kappa shape index (κ3) is 0.926. The van der Waals surface area contributed by atoms with Crippen molar-refractivity contribution in [2.24, 2.45) is 5.41 Å². The second-order valence-corrected chi connectivity index (χ2v) is 4.39. The maximum absolute atomic E-state index is 3.67. The van der Waals surface area contributed by atoms with Gasteiger partial charge in [-0.25, -0.2) is 0 Å². The van der Waals surface area contributed by atoms with Gasteiger partial charge in [-0.05, 0) is 37.8 Å². The largest absolute Gasteiger partial charge is 0.317 e. The Morgan fingerprint density at radius 2 is 1.89 bits per heavy atom. The molecule has 0 aromatic heterocycles. The minimum Gasteiger partial charge on any atom is -0.317 e. The van der Waals surface area contributed by atoms with Gasteiger partial charge in [-0.15, -0.1) is 0 Å². The van der Waals surface area contributed by atoms with E-state index >= 15 is 0 Å². The van der Waals surface area contributed by atoms with Crippen LogP contribution in [0.5, 0.6) is 0 Å². The van der Waals surface area contributed by atoms with E-state index in [1.54, 1.807) is 0 Å². The quantitative estimate of drug-likeness (QED) is 0.571. The van der Waals surface area contributed by atoms with Crippen LogP contribution in [0, 0.1) is 5.41 Å². The van der Waals surface area contributed by atoms with E-state index in [1.807, 2.05) is 0 Å². The second-order valence-electron chi connectivity index (χ2n) is 3.28. The van der Waals surface area contributed by atoms with Crippen molar-refractivity contribution in [1.29, 1.82) is 0 Å². The number of hydrogen-bond donors (Lipinski definition) is 1. The van der Waals surface area contributed by atoms with Gasteiger partial charge in [0.1, 0.15) is 0 Å². The highest BCUT2D eigenvalue weighted by Gasteiger charge is 2.52. The highest BCUT2D eigenvalue weighted by Crippen LogP contribution is 2.57. The van der Waals surface area contributed by atoms with Gasteiger partial charge in [0.25, 0.3) is 0 Å². The van der Waals surface area contributed by atoms with E-state index < -0.39 is 0 Å². The average molecular weight is 190 g/mol. The normalized spacial score (nSPS) is 39.0. The number of alkyl halides is 1. The summed E-state index contributed by atoms with van der Waals surface area (Å²) in [6.45, 7) is 2.48. The van der Waals surface area contributed by atoms with Crippen LogP contribution >= 0.6 is 15.9 Å². The molecule has 2 heteroatoms. The Balaban J connectivity index is 1.97. The van der Waals surface area contributed by atoms with Crippen LogP contribution in [-0.2, 0) is 0 Å². The zero-order valence-electron chi connectivity index (χ0n) is 5.49. The van der Waals surface area contributed by atoms with Gasteiger partial charge in [0, 0.05) is 4.83 Å². The SMILES string of the molecule is BrC1CC12CCNCC2. The summed E-state index contributed by atoms with van der Waals surface area (Å²) < 4.78 is 0. The van der Waals surface area contributed by atoms with E-state index in [4.69, 9.17) is 0 Å². The van der Waals surface area contributed by atoms with Crippen LogP contribution in [-0.4, -0.2) is 17.9 Å². The number of nitrogens with one attached hydrogen (secondary N) is 1. The summed E-state index contributed by atoms with van der Waals surface area (Å²) in [7, 11) is 0. The standard InChI is InChI=1S/C7H12BrN/c8-6-5-7(6)1-3-9-4-2-7/h6,9H,1-5H2. The lowest BCUT2D eigenvalue weighted by Crippen LogP contribution is -2.29. The van der Waals surface area contributed by atoms with Gasteiger partial charge in [-0.2, -0.15) is 0 Å². The monoisotopic (exact) mass is 189 g/mol. The van der Waals surface area contributed by atoms with E-state index in [-0.39, 0.29) is 0 Å². The molecule has 1 saturated carbocycles. The predicted molar refractivity (Wildman–Crippen MR) is 41.9 cm³/mol. The lowest BCUT2D eigenvalue weighted by Gasteiger charge is -2.21. The highest BCUT2D eigenvalue weighted by atomic mass is 79.9. The minimum atomic E-state index is 0.741. The Hall–Kier alpha value is 0.440. The van der Waals surface area contributed by atoms with E-state index in [0.717, 1.165) is 10.2 Å². The zero-order chi connectivity index (χ0) is 6.32. The zero-order valence-corrected chi connectivity index (χ0v) is 7.08. The van der Waals surface area contributed by atoms with Gasteiger partial charge in [-0.3, -0.25) is 0 Å². The van der Waals surface area contributed by atoms with Crippen molar-refractivity contribution in [1.82, 2.24) is 5.32 Å². The molecule has 52 valence electrons. The Kier molecular flexibility index (Phi) is 1.34. The van der Waals surface area contributed by atoms with Crippen molar-refractivity contribution in [3.05, 3.63) is 0 Å². The maximum atomic E-state index is 3.67. The molecule has 1 aliphatic heterocycles. The number of halogens is 1. The smallest absolute Gasteiger partial charge is 0.0209 e. The van der Waals surface area contributed by atoms with E-state index in [1.165, 1.54) is 32.4 Å². The molecule has 1 N–H and O–H groups in total. The van der Waals surface area contributed by atoms with Crippen molar-refractivity contribution in [2.75, 3.05) is 13.1 Å². The van der Waals surface area contributed by atoms with Crippen LogP contribution in [0.4, 0.5) is 0 Å². The minimum absolute atomic E-state index is 0.741. The van der Waals surface area contributed by atoms with Crippen molar-refractivity contribution in [3.8, 4) is 0 Å². The van der Waals surface area contributed by atoms with Crippen LogP contribution in [0.3, 0.4) is 0 Å². The Bertz CT molecular complexity index is 118. The summed E-state index contributed by atoms with van der Waals surface area (Å²) in [4.78, 5) is 0.854. The molecule has 0 aromatic carbocycles. The summed E-state index contributed by atoms with van der Waals surface area (Å²) in [5, 5.41) is 3.38. The van der Waals surface area contributed by atoms with Crippen molar-refractivity contribution < 1.29 is 0 Å². The van der Waals surface area contributed by atoms with Gasteiger partial charge in [0.2, 0.25) is 0 Å².